The number of aryl methyl sites for hydroxylation is 2. The molecular formula is C23H22O4. The molecule has 4 nitrogen and oxygen atoms in total. The van der Waals surface area contributed by atoms with E-state index in [0.717, 1.165) is 33.9 Å². The first kappa shape index (κ1) is 18.5. The molecule has 0 aromatic heterocycles. The summed E-state index contributed by atoms with van der Waals surface area (Å²) in [4.78, 5) is 10.6. The van der Waals surface area contributed by atoms with Gasteiger partial charge in [-0.1, -0.05) is 42.5 Å². The Morgan fingerprint density at radius 1 is 0.889 bits per heavy atom. The summed E-state index contributed by atoms with van der Waals surface area (Å²) in [7, 11) is 0. The van der Waals surface area contributed by atoms with E-state index in [9.17, 15) is 4.79 Å². The van der Waals surface area contributed by atoms with Crippen molar-refractivity contribution in [2.24, 2.45) is 0 Å². The van der Waals surface area contributed by atoms with Gasteiger partial charge in [0.15, 0.2) is 0 Å². The van der Waals surface area contributed by atoms with E-state index < -0.39 is 5.97 Å². The van der Waals surface area contributed by atoms with Gasteiger partial charge in [-0.3, -0.25) is 4.79 Å². The molecule has 0 aliphatic heterocycles. The van der Waals surface area contributed by atoms with E-state index in [1.54, 1.807) is 0 Å². The number of rotatable bonds is 8. The summed E-state index contributed by atoms with van der Waals surface area (Å²) in [6.45, 7) is 2.45. The van der Waals surface area contributed by atoms with Crippen LogP contribution in [0.3, 0.4) is 0 Å². The zero-order chi connectivity index (χ0) is 19.1. The van der Waals surface area contributed by atoms with Crippen molar-refractivity contribution in [2.75, 3.05) is 0 Å². The highest BCUT2D eigenvalue weighted by Crippen LogP contribution is 2.25. The van der Waals surface area contributed by atoms with Crippen LogP contribution in [0, 0.1) is 6.92 Å². The average molecular weight is 362 g/mol. The Morgan fingerprint density at radius 2 is 1.67 bits per heavy atom. The lowest BCUT2D eigenvalue weighted by atomic mass is 10.1. The van der Waals surface area contributed by atoms with Crippen molar-refractivity contribution in [3.05, 3.63) is 89.5 Å². The molecule has 27 heavy (non-hydrogen) atoms. The summed E-state index contributed by atoms with van der Waals surface area (Å²) in [6.07, 6.45) is 0.655. The normalized spacial score (nSPS) is 10.4. The summed E-state index contributed by atoms with van der Waals surface area (Å²) in [5, 5.41) is 8.74. The van der Waals surface area contributed by atoms with Crippen molar-refractivity contribution in [3.63, 3.8) is 0 Å². The molecule has 138 valence electrons. The van der Waals surface area contributed by atoms with Crippen LogP contribution in [-0.4, -0.2) is 11.1 Å². The largest absolute Gasteiger partial charge is 0.489 e. The van der Waals surface area contributed by atoms with Crippen molar-refractivity contribution >= 4 is 5.97 Å². The first-order valence-corrected chi connectivity index (χ1v) is 8.86. The summed E-state index contributed by atoms with van der Waals surface area (Å²) < 4.78 is 11.8. The maximum atomic E-state index is 10.6. The smallest absolute Gasteiger partial charge is 0.303 e. The van der Waals surface area contributed by atoms with Crippen molar-refractivity contribution in [3.8, 4) is 17.2 Å². The molecule has 0 saturated heterocycles. The second-order valence-corrected chi connectivity index (χ2v) is 6.34. The van der Waals surface area contributed by atoms with E-state index in [4.69, 9.17) is 14.6 Å². The highest BCUT2D eigenvalue weighted by Gasteiger charge is 2.03. The first-order valence-electron chi connectivity index (χ1n) is 8.86. The van der Waals surface area contributed by atoms with Gasteiger partial charge >= 0.3 is 5.97 Å². The highest BCUT2D eigenvalue weighted by atomic mass is 16.5. The van der Waals surface area contributed by atoms with E-state index in [2.05, 4.69) is 0 Å². The molecule has 0 amide bonds. The Labute approximate surface area is 159 Å². The first-order chi connectivity index (χ1) is 13.1. The highest BCUT2D eigenvalue weighted by molar-refractivity contribution is 5.67. The predicted octanol–water partition coefficient (Wildman–Crippen LogP) is 5.38. The van der Waals surface area contributed by atoms with Crippen molar-refractivity contribution in [1.29, 1.82) is 0 Å². The lowest BCUT2D eigenvalue weighted by Crippen LogP contribution is -1.98. The molecule has 0 aliphatic rings. The summed E-state index contributed by atoms with van der Waals surface area (Å²) >= 11 is 0. The number of hydrogen-bond acceptors (Lipinski definition) is 3. The number of benzene rings is 3. The summed E-state index contributed by atoms with van der Waals surface area (Å²) in [5.41, 5.74) is 3.08. The predicted molar refractivity (Wildman–Crippen MR) is 104 cm³/mol. The molecule has 0 atom stereocenters. The minimum atomic E-state index is -0.789. The summed E-state index contributed by atoms with van der Waals surface area (Å²) in [6, 6.07) is 23.3. The lowest BCUT2D eigenvalue weighted by molar-refractivity contribution is -0.136. The Hall–Kier alpha value is -3.27. The van der Waals surface area contributed by atoms with Gasteiger partial charge in [0.05, 0.1) is 0 Å². The quantitative estimate of drug-likeness (QED) is 0.584. The minimum absolute atomic E-state index is 0.133. The van der Waals surface area contributed by atoms with Crippen LogP contribution in [0.4, 0.5) is 0 Å². The molecule has 0 radical (unpaired) electrons. The van der Waals surface area contributed by atoms with Crippen molar-refractivity contribution in [2.45, 2.75) is 26.4 Å². The Bertz CT molecular complexity index is 900. The Kier molecular flexibility index (Phi) is 6.10. The zero-order valence-corrected chi connectivity index (χ0v) is 15.2. The van der Waals surface area contributed by atoms with Gasteiger partial charge in [-0.2, -0.15) is 0 Å². The lowest BCUT2D eigenvalue weighted by Gasteiger charge is -2.11. The van der Waals surface area contributed by atoms with Gasteiger partial charge in [-0.25, -0.2) is 0 Å². The van der Waals surface area contributed by atoms with Crippen molar-refractivity contribution < 1.29 is 19.4 Å². The topological polar surface area (TPSA) is 55.8 Å². The SMILES string of the molecule is Cc1ccccc1Oc1cccc(COc2ccc(CCC(=O)O)cc2)c1. The molecule has 0 fully saturated rings. The van der Waals surface area contributed by atoms with Crippen molar-refractivity contribution in [1.82, 2.24) is 0 Å². The zero-order valence-electron chi connectivity index (χ0n) is 15.2. The second kappa shape index (κ2) is 8.90. The van der Waals surface area contributed by atoms with Gasteiger partial charge in [0.25, 0.3) is 0 Å². The Morgan fingerprint density at radius 3 is 2.41 bits per heavy atom. The standard InChI is InChI=1S/C23H22O4/c1-17-5-2-3-8-22(17)27-21-7-4-6-19(15-21)16-26-20-12-9-18(10-13-20)11-14-23(24)25/h2-10,12-13,15H,11,14,16H2,1H3,(H,24,25). The number of carboxylic acids is 1. The van der Waals surface area contributed by atoms with E-state index >= 15 is 0 Å². The molecule has 0 bridgehead atoms. The van der Waals surface area contributed by atoms with Gasteiger partial charge in [0.2, 0.25) is 0 Å². The molecular weight excluding hydrogens is 340 g/mol. The molecule has 0 saturated carbocycles. The monoisotopic (exact) mass is 362 g/mol. The van der Waals surface area contributed by atoms with Crippen LogP contribution >= 0.6 is 0 Å². The van der Waals surface area contributed by atoms with Crippen LogP contribution in [0.25, 0.3) is 0 Å². The third-order valence-corrected chi connectivity index (χ3v) is 4.18. The van der Waals surface area contributed by atoms with E-state index in [1.165, 1.54) is 0 Å². The molecule has 3 rings (SSSR count). The second-order valence-electron chi connectivity index (χ2n) is 6.34. The fourth-order valence-electron chi connectivity index (χ4n) is 2.67. The van der Waals surface area contributed by atoms with Crippen LogP contribution in [0.2, 0.25) is 0 Å². The van der Waals surface area contributed by atoms with E-state index in [0.29, 0.717) is 13.0 Å². The maximum Gasteiger partial charge on any atom is 0.303 e. The van der Waals surface area contributed by atoms with Crippen LogP contribution < -0.4 is 9.47 Å². The molecule has 3 aromatic rings. The number of aliphatic carboxylic acids is 1. The molecule has 0 unspecified atom stereocenters. The average Bonchev–Trinajstić information content (AvgIpc) is 2.68. The summed E-state index contributed by atoms with van der Waals surface area (Å²) in [5.74, 6) is 1.57. The van der Waals surface area contributed by atoms with Crippen LogP contribution in [0.15, 0.2) is 72.8 Å². The fourth-order valence-corrected chi connectivity index (χ4v) is 2.67. The number of ether oxygens (including phenoxy) is 2. The van der Waals surface area contributed by atoms with Crippen LogP contribution in [-0.2, 0) is 17.8 Å². The third-order valence-electron chi connectivity index (χ3n) is 4.18. The van der Waals surface area contributed by atoms with E-state index in [-0.39, 0.29) is 6.42 Å². The van der Waals surface area contributed by atoms with Crippen LogP contribution in [0.5, 0.6) is 17.2 Å². The third kappa shape index (κ3) is 5.61. The molecule has 4 heteroatoms. The van der Waals surface area contributed by atoms with Gasteiger partial charge in [0.1, 0.15) is 23.9 Å². The fraction of sp³-hybridized carbons (Fsp3) is 0.174. The van der Waals surface area contributed by atoms with E-state index in [1.807, 2.05) is 79.7 Å². The van der Waals surface area contributed by atoms with Gasteiger partial charge < -0.3 is 14.6 Å². The minimum Gasteiger partial charge on any atom is -0.489 e. The maximum absolute atomic E-state index is 10.6. The molecule has 1 N–H and O–H groups in total. The van der Waals surface area contributed by atoms with Gasteiger partial charge in [0, 0.05) is 6.42 Å². The van der Waals surface area contributed by atoms with Crippen LogP contribution in [0.1, 0.15) is 23.1 Å². The molecule has 0 spiro atoms. The molecule has 3 aromatic carbocycles. The number of para-hydroxylation sites is 1. The number of carboxylic acid groups (broad SMARTS) is 1. The Balaban J connectivity index is 1.58. The molecule has 0 aliphatic carbocycles. The van der Waals surface area contributed by atoms with Gasteiger partial charge in [-0.05, 0) is 60.4 Å². The molecule has 0 heterocycles. The number of hydrogen-bond donors (Lipinski definition) is 1. The number of carbonyl (C=O) groups is 1. The van der Waals surface area contributed by atoms with Gasteiger partial charge in [-0.15, -0.1) is 0 Å².